The first kappa shape index (κ1) is 80.1. The van der Waals surface area contributed by atoms with Gasteiger partial charge in [-0.2, -0.15) is 0 Å². The van der Waals surface area contributed by atoms with Crippen molar-refractivity contribution in [1.82, 2.24) is 0 Å². The Hall–Kier alpha value is -17.2. The van der Waals surface area contributed by atoms with Crippen molar-refractivity contribution in [2.24, 2.45) is 0 Å². The van der Waals surface area contributed by atoms with E-state index in [4.69, 9.17) is 0 Å². The lowest BCUT2D eigenvalue weighted by Gasteiger charge is -2.35. The van der Waals surface area contributed by atoms with Crippen LogP contribution in [0.15, 0.2) is 497 Å². The van der Waals surface area contributed by atoms with Crippen molar-refractivity contribution in [2.75, 3.05) is 0 Å². The first-order chi connectivity index (χ1) is 69.4. The molecule has 29 rings (SSSR count). The standard InChI is InChI=1S/C138H84S2/c1-4-25-83(26-5-1)100-72-101(84-27-6-2-7-28-84)74-102(73-100)89-34-19-33-88(70-89)92-58-66-120-128(76-92)112-42-15-11-38-108(112)117-63-55-94(80-132(117)120)93-54-62-116-107-37-10-14-41-111(107)127-75-91(57-65-119(127)131(116)79-93)87-32-18-31-86(69-87)90-53-61-115-109-39-12-16-43-113(109)129-78-96(59-67-121(129)130(115)77-90)95-56-64-118-110-40-13-17-44-114(110)134-82-99(60-68-122(134)133(118)81-95)106-48-24-52-126-125-51-23-47-105(137(125)140-138(106)126)98-36-20-35-97(71-98)104-46-22-50-124-123-49-21-45-103(135(123)139-136(104)124)85-29-8-3-9-30-85/h1-82,116,131H. The minimum absolute atomic E-state index is 0.142. The summed E-state index contributed by atoms with van der Waals surface area (Å²) in [5, 5.41) is 27.8. The molecule has 0 spiro atoms. The Bertz CT molecular complexity index is 9960. The third-order valence-corrected chi connectivity index (χ3v) is 33.1. The summed E-state index contributed by atoms with van der Waals surface area (Å²) in [7, 11) is 0. The molecular weight excluding hydrogens is 1720 g/mol. The molecule has 140 heavy (non-hydrogen) atoms. The zero-order valence-electron chi connectivity index (χ0n) is 76.3. The molecule has 648 valence electrons. The number of benzene rings is 25. The third-order valence-electron chi connectivity index (χ3n) is 30.6. The normalized spacial score (nSPS) is 13.6. The lowest BCUT2D eigenvalue weighted by Crippen LogP contribution is -2.17. The second kappa shape index (κ2) is 32.2. The minimum Gasteiger partial charge on any atom is -0.134 e. The van der Waals surface area contributed by atoms with E-state index in [1.54, 1.807) is 0 Å². The lowest BCUT2D eigenvalue weighted by atomic mass is 9.68. The highest BCUT2D eigenvalue weighted by Gasteiger charge is 2.34. The summed E-state index contributed by atoms with van der Waals surface area (Å²) in [6.45, 7) is 0. The topological polar surface area (TPSA) is 0 Å². The summed E-state index contributed by atoms with van der Waals surface area (Å²) >= 11 is 3.84. The molecule has 0 nitrogen and oxygen atoms in total. The third kappa shape index (κ3) is 13.0. The van der Waals surface area contributed by atoms with Crippen LogP contribution in [0.2, 0.25) is 0 Å². The predicted octanol–water partition coefficient (Wildman–Crippen LogP) is 39.6. The molecule has 2 unspecified atom stereocenters. The molecule has 2 atom stereocenters. The number of hydrogen-bond acceptors (Lipinski definition) is 2. The molecule has 0 saturated heterocycles. The molecule has 2 aromatic heterocycles. The van der Waals surface area contributed by atoms with Gasteiger partial charge in [-0.15, -0.1) is 22.7 Å². The maximum absolute atomic E-state index is 2.57. The summed E-state index contributed by atoms with van der Waals surface area (Å²) in [5.41, 5.74) is 34.6. The number of thiophene rings is 2. The molecule has 0 amide bonds. The molecule has 0 N–H and O–H groups in total. The fourth-order valence-electron chi connectivity index (χ4n) is 23.8. The van der Waals surface area contributed by atoms with E-state index in [0.29, 0.717) is 0 Å². The Kier molecular flexibility index (Phi) is 18.4. The monoisotopic (exact) mass is 1800 g/mol. The van der Waals surface area contributed by atoms with Crippen LogP contribution in [0.25, 0.3) is 276 Å². The molecule has 2 heteroatoms. The van der Waals surface area contributed by atoms with E-state index in [0.717, 1.165) is 0 Å². The zero-order valence-corrected chi connectivity index (χ0v) is 77.9. The first-order valence-electron chi connectivity index (χ1n) is 48.7. The summed E-state index contributed by atoms with van der Waals surface area (Å²) in [5.74, 6) is 0.345. The Labute approximate surface area is 818 Å². The molecule has 2 heterocycles. The number of rotatable bonds is 12. The van der Waals surface area contributed by atoms with Crippen LogP contribution in [-0.4, -0.2) is 0 Å². The molecule has 25 aromatic carbocycles. The van der Waals surface area contributed by atoms with E-state index in [-0.39, 0.29) is 11.8 Å². The van der Waals surface area contributed by atoms with Crippen molar-refractivity contribution >= 4 is 166 Å². The SMILES string of the molecule is C1=CC2c3ccccc3-c3cc(-c4cccc(-c5ccc6c7ccccc7c7cc(-c8ccc9c%10ccccc%10c%10cc(-c%11cccc%12c%11sc%11c(-c%13cccc(-c%14cccc%15c%14sc%14c(-c%16ccccc%16)cccc%14%15)c%13)cccc%11%12)ccc%10c9c8)ccc7c6c5)c4)ccc3C2C=C1c1ccc2c3ccccc3c3cc(-c4cccc(-c5cc(-c6ccccc6)cc(-c6ccccc6)c5)c4)ccc3c2c1. The van der Waals surface area contributed by atoms with Crippen LogP contribution in [0.3, 0.4) is 0 Å². The number of hydrogen-bond donors (Lipinski definition) is 0. The van der Waals surface area contributed by atoms with Gasteiger partial charge in [0.1, 0.15) is 0 Å². The van der Waals surface area contributed by atoms with Gasteiger partial charge in [0.2, 0.25) is 0 Å². The van der Waals surface area contributed by atoms with E-state index >= 15 is 0 Å². The fourth-order valence-corrected chi connectivity index (χ4v) is 26.6. The van der Waals surface area contributed by atoms with Crippen molar-refractivity contribution in [2.45, 2.75) is 11.8 Å². The first-order valence-corrected chi connectivity index (χ1v) is 50.3. The van der Waals surface area contributed by atoms with Crippen LogP contribution in [0.5, 0.6) is 0 Å². The average molecular weight is 1810 g/mol. The molecule has 0 saturated carbocycles. The van der Waals surface area contributed by atoms with Gasteiger partial charge in [-0.05, 0) is 332 Å². The van der Waals surface area contributed by atoms with E-state index in [1.807, 2.05) is 22.7 Å². The summed E-state index contributed by atoms with van der Waals surface area (Å²) in [6.07, 6.45) is 7.45. The molecule has 2 aliphatic carbocycles. The number of allylic oxidation sites excluding steroid dienone is 4. The summed E-state index contributed by atoms with van der Waals surface area (Å²) in [6, 6.07) is 181. The van der Waals surface area contributed by atoms with Gasteiger partial charge in [0.25, 0.3) is 0 Å². The Morgan fingerprint density at radius 2 is 0.371 bits per heavy atom. The van der Waals surface area contributed by atoms with Gasteiger partial charge in [-0.3, -0.25) is 0 Å². The molecule has 0 aliphatic heterocycles. The molecule has 27 aromatic rings. The van der Waals surface area contributed by atoms with Crippen LogP contribution in [-0.2, 0) is 0 Å². The fraction of sp³-hybridized carbons (Fsp3) is 0.0145. The van der Waals surface area contributed by atoms with Crippen molar-refractivity contribution < 1.29 is 0 Å². The van der Waals surface area contributed by atoms with Crippen LogP contribution in [0, 0.1) is 0 Å². The summed E-state index contributed by atoms with van der Waals surface area (Å²) in [4.78, 5) is 0. The van der Waals surface area contributed by atoms with E-state index in [1.165, 1.54) is 293 Å². The Morgan fingerprint density at radius 3 is 0.800 bits per heavy atom. The smallest absolute Gasteiger partial charge is 0.0434 e. The van der Waals surface area contributed by atoms with Gasteiger partial charge in [-0.25, -0.2) is 0 Å². The average Bonchev–Trinajstić information content (AvgIpc) is 1.24. The van der Waals surface area contributed by atoms with Gasteiger partial charge in [0.05, 0.1) is 0 Å². The Morgan fingerprint density at radius 1 is 0.129 bits per heavy atom. The van der Waals surface area contributed by atoms with Gasteiger partial charge in [-0.1, -0.05) is 419 Å². The predicted molar refractivity (Wildman–Crippen MR) is 604 cm³/mol. The van der Waals surface area contributed by atoms with Crippen molar-refractivity contribution in [3.05, 3.63) is 514 Å². The molecular formula is C138H84S2. The molecule has 0 radical (unpaired) electrons. The van der Waals surface area contributed by atoms with E-state index < -0.39 is 0 Å². The van der Waals surface area contributed by atoms with E-state index in [2.05, 4.69) is 497 Å². The largest absolute Gasteiger partial charge is 0.134 e. The van der Waals surface area contributed by atoms with Gasteiger partial charge >= 0.3 is 0 Å². The van der Waals surface area contributed by atoms with E-state index in [9.17, 15) is 0 Å². The van der Waals surface area contributed by atoms with Gasteiger partial charge in [0.15, 0.2) is 0 Å². The summed E-state index contributed by atoms with van der Waals surface area (Å²) < 4.78 is 5.26. The maximum atomic E-state index is 2.57. The van der Waals surface area contributed by atoms with Crippen LogP contribution >= 0.6 is 22.7 Å². The van der Waals surface area contributed by atoms with Crippen molar-refractivity contribution in [3.63, 3.8) is 0 Å². The van der Waals surface area contributed by atoms with Crippen LogP contribution < -0.4 is 0 Å². The second-order valence-corrected chi connectivity index (χ2v) is 40.2. The zero-order chi connectivity index (χ0) is 91.7. The molecule has 2 aliphatic rings. The highest BCUT2D eigenvalue weighted by molar-refractivity contribution is 7.27. The van der Waals surface area contributed by atoms with Crippen LogP contribution in [0.1, 0.15) is 28.5 Å². The highest BCUT2D eigenvalue weighted by Crippen LogP contribution is 2.55. The van der Waals surface area contributed by atoms with Gasteiger partial charge in [0, 0.05) is 52.2 Å². The maximum Gasteiger partial charge on any atom is 0.0434 e. The highest BCUT2D eigenvalue weighted by atomic mass is 32.1. The van der Waals surface area contributed by atoms with Crippen LogP contribution in [0.4, 0.5) is 0 Å². The van der Waals surface area contributed by atoms with Gasteiger partial charge < -0.3 is 0 Å². The lowest BCUT2D eigenvalue weighted by molar-refractivity contribution is 0.722. The minimum atomic E-state index is 0.142. The molecule has 0 fully saturated rings. The van der Waals surface area contributed by atoms with Crippen molar-refractivity contribution in [3.8, 4) is 134 Å². The second-order valence-electron chi connectivity index (χ2n) is 38.2. The quantitative estimate of drug-likeness (QED) is 0.107. The number of fused-ring (bicyclic) bond motifs is 30. The van der Waals surface area contributed by atoms with Crippen molar-refractivity contribution in [1.29, 1.82) is 0 Å². The molecule has 0 bridgehead atoms. The Balaban J connectivity index is 0.474.